The van der Waals surface area contributed by atoms with E-state index in [4.69, 9.17) is 5.21 Å². The summed E-state index contributed by atoms with van der Waals surface area (Å²) in [6.07, 6.45) is 0.296. The summed E-state index contributed by atoms with van der Waals surface area (Å²) in [4.78, 5) is 20.4. The van der Waals surface area contributed by atoms with Crippen molar-refractivity contribution in [1.82, 2.24) is 5.06 Å². The molecule has 0 saturated carbocycles. The second-order valence-electron chi connectivity index (χ2n) is 6.49. The zero-order chi connectivity index (χ0) is 20.1. The number of carbonyl (C=O) groups is 2. The molecule has 1 aliphatic heterocycles. The van der Waals surface area contributed by atoms with Gasteiger partial charge in [0.2, 0.25) is 0 Å². The summed E-state index contributed by atoms with van der Waals surface area (Å²) in [5, 5.41) is 14.1. The Labute approximate surface area is 159 Å². The lowest BCUT2D eigenvalue weighted by atomic mass is 9.94. The second kappa shape index (κ2) is 6.52. The van der Waals surface area contributed by atoms with Crippen molar-refractivity contribution in [3.8, 4) is 0 Å². The highest BCUT2D eigenvalue weighted by Crippen LogP contribution is 2.36. The Hall–Kier alpha value is -3.07. The Kier molecular flexibility index (Phi) is 4.26. The number of amides is 2. The molecule has 0 atom stereocenters. The quantitative estimate of drug-likeness (QED) is 0.220. The molecule has 1 aliphatic rings. The fourth-order valence-electron chi connectivity index (χ4n) is 3.50. The van der Waals surface area contributed by atoms with Gasteiger partial charge in [-0.15, -0.1) is 0 Å². The molecule has 0 unspecified atom stereocenters. The summed E-state index contributed by atoms with van der Waals surface area (Å²) in [6.45, 7) is 0. The van der Waals surface area contributed by atoms with E-state index in [0.717, 1.165) is 26.9 Å². The molecule has 4 aromatic rings. The minimum Gasteiger partial charge on any atom is -0.282 e. The molecule has 142 valence electrons. The number of hydrogen-bond acceptors (Lipinski definition) is 5. The molecule has 0 bridgehead atoms. The van der Waals surface area contributed by atoms with Gasteiger partial charge in [-0.25, -0.2) is 0 Å². The van der Waals surface area contributed by atoms with Gasteiger partial charge in [-0.1, -0.05) is 48.5 Å². The van der Waals surface area contributed by atoms with Crippen LogP contribution in [0.15, 0.2) is 59.5 Å². The Balaban J connectivity index is 0.000000203. The van der Waals surface area contributed by atoms with E-state index in [2.05, 4.69) is 0 Å². The van der Waals surface area contributed by atoms with Gasteiger partial charge in [0.1, 0.15) is 4.90 Å². The molecular formula is C20H15NO6S. The number of rotatable bonds is 1. The minimum atomic E-state index is -4.23. The normalized spacial score (nSPS) is 14.9. The van der Waals surface area contributed by atoms with Crippen molar-refractivity contribution < 1.29 is 27.8 Å². The monoisotopic (exact) mass is 397 g/mol. The first-order chi connectivity index (χ1) is 13.3. The van der Waals surface area contributed by atoms with E-state index in [0.29, 0.717) is 5.39 Å². The first-order valence-corrected chi connectivity index (χ1v) is 9.90. The molecule has 4 aromatic carbocycles. The van der Waals surface area contributed by atoms with E-state index >= 15 is 0 Å². The van der Waals surface area contributed by atoms with Gasteiger partial charge in [0, 0.05) is 18.2 Å². The van der Waals surface area contributed by atoms with Gasteiger partial charge < -0.3 is 0 Å². The third kappa shape index (κ3) is 2.97. The molecule has 0 aliphatic carbocycles. The lowest BCUT2D eigenvalue weighted by Gasteiger charge is -2.12. The summed E-state index contributed by atoms with van der Waals surface area (Å²) in [5.41, 5.74) is 0. The topological polar surface area (TPSA) is 112 Å². The first kappa shape index (κ1) is 18.3. The Morgan fingerprint density at radius 3 is 1.75 bits per heavy atom. The maximum Gasteiger partial charge on any atom is 0.295 e. The third-order valence-corrected chi connectivity index (χ3v) is 5.70. The Morgan fingerprint density at radius 2 is 1.25 bits per heavy atom. The summed E-state index contributed by atoms with van der Waals surface area (Å²) >= 11 is 0. The van der Waals surface area contributed by atoms with E-state index in [-0.39, 0.29) is 22.8 Å². The zero-order valence-electron chi connectivity index (χ0n) is 14.5. The molecule has 8 heteroatoms. The van der Waals surface area contributed by atoms with Crippen molar-refractivity contribution in [2.45, 2.75) is 17.7 Å². The second-order valence-corrected chi connectivity index (χ2v) is 7.88. The molecule has 5 rings (SSSR count). The highest BCUT2D eigenvalue weighted by Gasteiger charge is 2.26. The summed E-state index contributed by atoms with van der Waals surface area (Å²) < 4.78 is 32.5. The largest absolute Gasteiger partial charge is 0.295 e. The fourth-order valence-corrected chi connectivity index (χ4v) is 4.19. The predicted molar refractivity (Wildman–Crippen MR) is 103 cm³/mol. The van der Waals surface area contributed by atoms with Gasteiger partial charge in [-0.3, -0.25) is 19.3 Å². The summed E-state index contributed by atoms with van der Waals surface area (Å²) in [6, 6.07) is 16.8. The van der Waals surface area contributed by atoms with Crippen molar-refractivity contribution in [3.05, 3.63) is 54.6 Å². The highest BCUT2D eigenvalue weighted by molar-refractivity contribution is 7.86. The van der Waals surface area contributed by atoms with Crippen LogP contribution in [0.2, 0.25) is 0 Å². The van der Waals surface area contributed by atoms with Crippen LogP contribution < -0.4 is 0 Å². The molecule has 0 aromatic heterocycles. The van der Waals surface area contributed by atoms with Crippen LogP contribution >= 0.6 is 0 Å². The van der Waals surface area contributed by atoms with Crippen LogP contribution in [0.3, 0.4) is 0 Å². The maximum atomic E-state index is 11.5. The van der Waals surface area contributed by atoms with Gasteiger partial charge in [0.15, 0.2) is 0 Å². The van der Waals surface area contributed by atoms with Crippen molar-refractivity contribution >= 4 is 54.2 Å². The van der Waals surface area contributed by atoms with E-state index < -0.39 is 21.9 Å². The van der Waals surface area contributed by atoms with Crippen LogP contribution in [0, 0.1) is 0 Å². The molecule has 1 fully saturated rings. The lowest BCUT2D eigenvalue weighted by Crippen LogP contribution is -2.24. The van der Waals surface area contributed by atoms with Gasteiger partial charge in [-0.05, 0) is 33.0 Å². The first-order valence-electron chi connectivity index (χ1n) is 8.46. The van der Waals surface area contributed by atoms with Crippen LogP contribution in [0.1, 0.15) is 12.8 Å². The molecule has 1 saturated heterocycles. The van der Waals surface area contributed by atoms with Crippen LogP contribution in [0.5, 0.6) is 0 Å². The molecule has 28 heavy (non-hydrogen) atoms. The predicted octanol–water partition coefficient (Wildman–Crippen LogP) is 3.36. The number of nitrogens with zero attached hydrogens (tertiary/aromatic N) is 1. The number of imide groups is 1. The van der Waals surface area contributed by atoms with E-state index in [1.807, 2.05) is 36.4 Å². The van der Waals surface area contributed by atoms with Crippen LogP contribution in [0.4, 0.5) is 0 Å². The molecule has 0 spiro atoms. The average molecular weight is 397 g/mol. The molecule has 7 nitrogen and oxygen atoms in total. The smallest absolute Gasteiger partial charge is 0.282 e. The van der Waals surface area contributed by atoms with Crippen molar-refractivity contribution in [2.24, 2.45) is 0 Å². The van der Waals surface area contributed by atoms with Crippen LogP contribution in [-0.4, -0.2) is 35.1 Å². The molecular weight excluding hydrogens is 382 g/mol. The highest BCUT2D eigenvalue weighted by atomic mass is 32.2. The fraction of sp³-hybridized carbons (Fsp3) is 0.100. The Bertz CT molecular complexity index is 1310. The van der Waals surface area contributed by atoms with Crippen molar-refractivity contribution in [2.75, 3.05) is 0 Å². The standard InChI is InChI=1S/C16H10O3S.C4H5NO3/c17-20(18,19)14-9-7-12-5-4-10-2-1-3-11-6-8-13(14)16(12)15(10)11;6-3-1-2-4(7)5(3)8/h1-9H,(H,17,18,19);8H,1-2H2. The maximum absolute atomic E-state index is 11.5. The summed E-state index contributed by atoms with van der Waals surface area (Å²) in [7, 11) is -4.23. The third-order valence-electron chi connectivity index (χ3n) is 4.79. The molecule has 2 N–H and O–H groups in total. The van der Waals surface area contributed by atoms with Crippen molar-refractivity contribution in [3.63, 3.8) is 0 Å². The van der Waals surface area contributed by atoms with Crippen molar-refractivity contribution in [1.29, 1.82) is 0 Å². The van der Waals surface area contributed by atoms with Crippen LogP contribution in [0.25, 0.3) is 32.3 Å². The lowest BCUT2D eigenvalue weighted by molar-refractivity contribution is -0.171. The van der Waals surface area contributed by atoms with E-state index in [9.17, 15) is 22.6 Å². The number of benzene rings is 4. The SMILES string of the molecule is O=C1CCC(=O)N1O.O=S(=O)(O)c1ccc2ccc3cccc4ccc1c2c34. The summed E-state index contributed by atoms with van der Waals surface area (Å²) in [5.74, 6) is -1.01. The molecule has 2 amide bonds. The van der Waals surface area contributed by atoms with E-state index in [1.165, 1.54) is 6.07 Å². The van der Waals surface area contributed by atoms with Gasteiger partial charge in [0.25, 0.3) is 21.9 Å². The van der Waals surface area contributed by atoms with E-state index in [1.54, 1.807) is 12.1 Å². The Morgan fingerprint density at radius 1 is 0.750 bits per heavy atom. The number of hydroxylamine groups is 2. The minimum absolute atomic E-state index is 0.0387. The average Bonchev–Trinajstić information content (AvgIpc) is 2.96. The number of hydrogen-bond donors (Lipinski definition) is 2. The molecule has 0 radical (unpaired) electrons. The molecule has 1 heterocycles. The number of carbonyl (C=O) groups excluding carboxylic acids is 2. The van der Waals surface area contributed by atoms with Gasteiger partial charge >= 0.3 is 0 Å². The zero-order valence-corrected chi connectivity index (χ0v) is 15.3. The van der Waals surface area contributed by atoms with Crippen LogP contribution in [-0.2, 0) is 19.7 Å². The van der Waals surface area contributed by atoms with Gasteiger partial charge in [0.05, 0.1) is 0 Å². The van der Waals surface area contributed by atoms with Gasteiger partial charge in [-0.2, -0.15) is 13.5 Å².